The highest BCUT2D eigenvalue weighted by Crippen LogP contribution is 2.25. The lowest BCUT2D eigenvalue weighted by molar-refractivity contribution is 0.348. The van der Waals surface area contributed by atoms with Crippen LogP contribution in [0.1, 0.15) is 5.56 Å². The smallest absolute Gasteiger partial charge is 0.328 e. The van der Waals surface area contributed by atoms with E-state index < -0.39 is 0 Å². The predicted molar refractivity (Wildman–Crippen MR) is 120 cm³/mol. The van der Waals surface area contributed by atoms with E-state index in [0.29, 0.717) is 33.2 Å². The molecule has 0 aliphatic heterocycles. The monoisotopic (exact) mass is 443 g/mol. The number of nitrogens with zero attached hydrogens (tertiary/aromatic N) is 3. The minimum atomic E-state index is 0.0833. The molecule has 1 aromatic heterocycles. The van der Waals surface area contributed by atoms with E-state index in [1.807, 2.05) is 30.3 Å². The normalized spacial score (nSPS) is 10.5. The molecule has 10 heteroatoms. The van der Waals surface area contributed by atoms with Gasteiger partial charge in [0.1, 0.15) is 5.75 Å². The number of aromatic nitrogens is 2. The van der Waals surface area contributed by atoms with Crippen molar-refractivity contribution < 1.29 is 14.2 Å². The molecule has 8 nitrogen and oxygen atoms in total. The van der Waals surface area contributed by atoms with Crippen LogP contribution >= 0.6 is 23.8 Å². The van der Waals surface area contributed by atoms with Crippen LogP contribution in [0.15, 0.2) is 59.7 Å². The van der Waals surface area contributed by atoms with Gasteiger partial charge in [0.25, 0.3) is 0 Å². The second-order valence-electron chi connectivity index (χ2n) is 5.71. The van der Waals surface area contributed by atoms with Crippen molar-refractivity contribution in [3.8, 4) is 23.5 Å². The van der Waals surface area contributed by atoms with Crippen molar-refractivity contribution in [3.05, 3.63) is 65.2 Å². The molecule has 30 heavy (non-hydrogen) atoms. The van der Waals surface area contributed by atoms with Crippen LogP contribution in [0.25, 0.3) is 0 Å². The molecule has 0 aliphatic rings. The highest BCUT2D eigenvalue weighted by Gasteiger charge is 2.10. The van der Waals surface area contributed by atoms with Crippen LogP contribution in [-0.4, -0.2) is 35.5 Å². The number of hydrogen-bond acceptors (Lipinski definition) is 7. The Morgan fingerprint density at radius 1 is 1.03 bits per heavy atom. The topological polar surface area (TPSA) is 89.9 Å². The fourth-order valence-electron chi connectivity index (χ4n) is 2.27. The standard InChI is InChI=1S/C20H18ClN5O3S/c1-27-17-11-18(28-2)25-19(24-17)29-16-6-4-3-5-13(16)12-22-26-20(30)23-15-9-7-14(21)8-10-15/h3-12H,1-2H3,(H2,23,26,30). The van der Waals surface area contributed by atoms with Gasteiger partial charge in [0.15, 0.2) is 5.11 Å². The van der Waals surface area contributed by atoms with Gasteiger partial charge >= 0.3 is 6.01 Å². The molecule has 0 bridgehead atoms. The molecule has 154 valence electrons. The minimum absolute atomic E-state index is 0.0833. The highest BCUT2D eigenvalue weighted by atomic mass is 35.5. The number of hydrogen-bond donors (Lipinski definition) is 2. The van der Waals surface area contributed by atoms with Gasteiger partial charge in [0, 0.05) is 16.3 Å². The minimum Gasteiger partial charge on any atom is -0.481 e. The molecule has 3 rings (SSSR count). The molecule has 0 atom stereocenters. The first-order chi connectivity index (χ1) is 14.6. The second-order valence-corrected chi connectivity index (χ2v) is 6.55. The summed E-state index contributed by atoms with van der Waals surface area (Å²) in [5.41, 5.74) is 4.23. The Bertz CT molecular complexity index is 1020. The Labute approximate surface area is 183 Å². The summed E-state index contributed by atoms with van der Waals surface area (Å²) in [6.45, 7) is 0. The molecule has 3 aromatic rings. The summed E-state index contributed by atoms with van der Waals surface area (Å²) in [5.74, 6) is 1.14. The summed E-state index contributed by atoms with van der Waals surface area (Å²) in [4.78, 5) is 8.32. The third-order valence-electron chi connectivity index (χ3n) is 3.67. The molecular formula is C20H18ClN5O3S. The fraction of sp³-hybridized carbons (Fsp3) is 0.100. The maximum Gasteiger partial charge on any atom is 0.328 e. The van der Waals surface area contributed by atoms with E-state index in [9.17, 15) is 0 Å². The van der Waals surface area contributed by atoms with Crippen molar-refractivity contribution in [2.45, 2.75) is 0 Å². The Morgan fingerprint density at radius 3 is 2.37 bits per heavy atom. The van der Waals surface area contributed by atoms with Gasteiger partial charge in [-0.1, -0.05) is 23.7 Å². The van der Waals surface area contributed by atoms with Crippen LogP contribution in [0, 0.1) is 0 Å². The van der Waals surface area contributed by atoms with Crippen molar-refractivity contribution in [3.63, 3.8) is 0 Å². The molecule has 0 spiro atoms. The molecule has 1 heterocycles. The van der Waals surface area contributed by atoms with Crippen molar-refractivity contribution in [1.29, 1.82) is 0 Å². The van der Waals surface area contributed by atoms with E-state index in [1.165, 1.54) is 14.2 Å². The zero-order valence-electron chi connectivity index (χ0n) is 16.1. The summed E-state index contributed by atoms with van der Waals surface area (Å²) in [6.07, 6.45) is 1.57. The van der Waals surface area contributed by atoms with Gasteiger partial charge in [-0.25, -0.2) is 0 Å². The first-order valence-corrected chi connectivity index (χ1v) is 9.45. The van der Waals surface area contributed by atoms with E-state index in [0.717, 1.165) is 5.69 Å². The first-order valence-electron chi connectivity index (χ1n) is 8.67. The van der Waals surface area contributed by atoms with E-state index in [1.54, 1.807) is 30.5 Å². The molecule has 0 radical (unpaired) electrons. The number of hydrazone groups is 1. The average Bonchev–Trinajstić information content (AvgIpc) is 2.76. The van der Waals surface area contributed by atoms with Crippen molar-refractivity contribution >= 4 is 40.8 Å². The fourth-order valence-corrected chi connectivity index (χ4v) is 2.57. The molecule has 0 saturated heterocycles. The summed E-state index contributed by atoms with van der Waals surface area (Å²) in [7, 11) is 3.00. The average molecular weight is 444 g/mol. The Morgan fingerprint density at radius 2 is 1.70 bits per heavy atom. The molecule has 0 saturated carbocycles. The van der Waals surface area contributed by atoms with Crippen LogP contribution < -0.4 is 25.0 Å². The van der Waals surface area contributed by atoms with E-state index in [-0.39, 0.29) is 6.01 Å². The SMILES string of the molecule is COc1cc(OC)nc(Oc2ccccc2C=NNC(=S)Nc2ccc(Cl)cc2)n1. The summed E-state index contributed by atoms with van der Waals surface area (Å²) < 4.78 is 16.1. The summed E-state index contributed by atoms with van der Waals surface area (Å²) >= 11 is 11.1. The molecule has 0 amide bonds. The van der Waals surface area contributed by atoms with Crippen LogP contribution in [0.5, 0.6) is 23.5 Å². The first kappa shape index (κ1) is 21.3. The zero-order valence-corrected chi connectivity index (χ0v) is 17.7. The number of halogens is 1. The molecule has 0 unspecified atom stereocenters. The second kappa shape index (κ2) is 10.4. The van der Waals surface area contributed by atoms with E-state index in [4.69, 9.17) is 38.0 Å². The Kier molecular flexibility index (Phi) is 7.36. The van der Waals surface area contributed by atoms with Crippen LogP contribution in [-0.2, 0) is 0 Å². The van der Waals surface area contributed by atoms with Gasteiger partial charge in [-0.05, 0) is 48.6 Å². The van der Waals surface area contributed by atoms with Crippen molar-refractivity contribution in [1.82, 2.24) is 15.4 Å². The largest absolute Gasteiger partial charge is 0.481 e. The van der Waals surface area contributed by atoms with Crippen LogP contribution in [0.2, 0.25) is 5.02 Å². The van der Waals surface area contributed by atoms with Gasteiger partial charge in [-0.15, -0.1) is 0 Å². The predicted octanol–water partition coefficient (Wildman–Crippen LogP) is 4.26. The van der Waals surface area contributed by atoms with Gasteiger partial charge in [-0.2, -0.15) is 15.1 Å². The van der Waals surface area contributed by atoms with Crippen LogP contribution in [0.3, 0.4) is 0 Å². The van der Waals surface area contributed by atoms with E-state index in [2.05, 4.69) is 25.8 Å². The van der Waals surface area contributed by atoms with Gasteiger partial charge in [0.2, 0.25) is 11.8 Å². The molecular weight excluding hydrogens is 426 g/mol. The third-order valence-corrected chi connectivity index (χ3v) is 4.11. The maximum atomic E-state index is 5.87. The number of thiocarbonyl (C=S) groups is 1. The van der Waals surface area contributed by atoms with Crippen molar-refractivity contribution in [2.24, 2.45) is 5.10 Å². The molecule has 0 aliphatic carbocycles. The quantitative estimate of drug-likeness (QED) is 0.318. The zero-order chi connectivity index (χ0) is 21.3. The van der Waals surface area contributed by atoms with Crippen LogP contribution in [0.4, 0.5) is 5.69 Å². The Balaban J connectivity index is 1.67. The lowest BCUT2D eigenvalue weighted by atomic mass is 10.2. The highest BCUT2D eigenvalue weighted by molar-refractivity contribution is 7.80. The molecule has 2 N–H and O–H groups in total. The summed E-state index contributed by atoms with van der Waals surface area (Å²) in [6, 6.07) is 16.1. The molecule has 0 fully saturated rings. The number of nitrogens with one attached hydrogen (secondary N) is 2. The third kappa shape index (κ3) is 6.03. The van der Waals surface area contributed by atoms with Gasteiger partial charge in [-0.3, -0.25) is 5.43 Å². The number of anilines is 1. The number of ether oxygens (including phenoxy) is 3. The van der Waals surface area contributed by atoms with Gasteiger partial charge in [0.05, 0.1) is 26.5 Å². The Hall–Kier alpha value is -3.43. The molecule has 2 aromatic carbocycles. The maximum absolute atomic E-state index is 5.87. The number of benzene rings is 2. The number of methoxy groups -OCH3 is 2. The van der Waals surface area contributed by atoms with E-state index >= 15 is 0 Å². The lowest BCUT2D eigenvalue weighted by Gasteiger charge is -2.09. The van der Waals surface area contributed by atoms with Gasteiger partial charge < -0.3 is 19.5 Å². The number of rotatable bonds is 7. The number of para-hydroxylation sites is 1. The summed E-state index contributed by atoms with van der Waals surface area (Å²) in [5, 5.41) is 8.13. The lowest BCUT2D eigenvalue weighted by Crippen LogP contribution is -2.23. The van der Waals surface area contributed by atoms with Crippen molar-refractivity contribution in [2.75, 3.05) is 19.5 Å².